The van der Waals surface area contributed by atoms with Gasteiger partial charge in [0.2, 0.25) is 5.91 Å². The molecule has 1 aromatic carbocycles. The Morgan fingerprint density at radius 3 is 2.32 bits per heavy atom. The molecular weight excluding hydrogens is 351 g/mol. The lowest BCUT2D eigenvalue weighted by atomic mass is 10.3. The molecule has 2 rings (SSSR count). The van der Waals surface area contributed by atoms with E-state index in [9.17, 15) is 13.2 Å². The largest absolute Gasteiger partial charge is 0.379 e. The van der Waals surface area contributed by atoms with Crippen LogP contribution in [0.15, 0.2) is 41.3 Å². The number of nitrogens with one attached hydrogen (secondary N) is 1. The van der Waals surface area contributed by atoms with Crippen LogP contribution in [0, 0.1) is 0 Å². The highest BCUT2D eigenvalue weighted by Gasteiger charge is 2.21. The summed E-state index contributed by atoms with van der Waals surface area (Å²) in [5.74, 6) is -0.166. The van der Waals surface area contributed by atoms with Gasteiger partial charge in [-0.15, -0.1) is 0 Å². The van der Waals surface area contributed by atoms with E-state index < -0.39 is 10.1 Å². The molecule has 1 heterocycles. The summed E-state index contributed by atoms with van der Waals surface area (Å²) in [7, 11) is -4.14. The number of nitrogens with zero attached hydrogens (tertiary/aromatic N) is 1. The van der Waals surface area contributed by atoms with Gasteiger partial charge in [-0.2, -0.15) is 8.42 Å². The molecule has 2 aromatic rings. The second kappa shape index (κ2) is 6.51. The lowest BCUT2D eigenvalue weighted by Crippen LogP contribution is -2.11. The average Bonchev–Trinajstić information content (AvgIpc) is 2.39. The van der Waals surface area contributed by atoms with Crippen LogP contribution < -0.4 is 9.50 Å². The molecule has 9 heteroatoms. The molecule has 0 radical (unpaired) electrons. The maximum absolute atomic E-state index is 12.1. The zero-order valence-corrected chi connectivity index (χ0v) is 13.5. The van der Waals surface area contributed by atoms with Crippen LogP contribution in [0.2, 0.25) is 10.3 Å². The van der Waals surface area contributed by atoms with Crippen molar-refractivity contribution in [3.05, 3.63) is 46.7 Å². The van der Waals surface area contributed by atoms with Crippen molar-refractivity contribution in [1.82, 2.24) is 4.98 Å². The van der Waals surface area contributed by atoms with Crippen molar-refractivity contribution in [2.24, 2.45) is 0 Å². The Labute approximate surface area is 137 Å². The number of pyridine rings is 1. The van der Waals surface area contributed by atoms with Crippen LogP contribution in [0.1, 0.15) is 6.92 Å². The number of carbonyl (C=O) groups excluding carboxylic acids is 1. The molecule has 6 nitrogen and oxygen atoms in total. The van der Waals surface area contributed by atoms with Gasteiger partial charge < -0.3 is 9.50 Å². The minimum absolute atomic E-state index is 0.0696. The summed E-state index contributed by atoms with van der Waals surface area (Å²) in [5, 5.41) is 2.35. The van der Waals surface area contributed by atoms with Crippen LogP contribution in [-0.4, -0.2) is 19.3 Å². The fourth-order valence-electron chi connectivity index (χ4n) is 1.55. The summed E-state index contributed by atoms with van der Waals surface area (Å²) < 4.78 is 29.2. The number of hydrogen-bond acceptors (Lipinski definition) is 5. The smallest absolute Gasteiger partial charge is 0.342 e. The van der Waals surface area contributed by atoms with Gasteiger partial charge in [-0.1, -0.05) is 23.2 Å². The zero-order valence-electron chi connectivity index (χ0n) is 11.2. The second-order valence-electron chi connectivity index (χ2n) is 4.17. The third-order valence-electron chi connectivity index (χ3n) is 2.43. The van der Waals surface area contributed by atoms with Crippen molar-refractivity contribution >= 4 is 44.9 Å². The number of carbonyl (C=O) groups is 1. The van der Waals surface area contributed by atoms with Crippen LogP contribution in [0.4, 0.5) is 5.69 Å². The van der Waals surface area contributed by atoms with E-state index in [1.54, 1.807) is 0 Å². The molecule has 0 aliphatic heterocycles. The van der Waals surface area contributed by atoms with Gasteiger partial charge in [0.05, 0.1) is 0 Å². The third-order valence-corrected chi connectivity index (χ3v) is 4.32. The third kappa shape index (κ3) is 4.09. The van der Waals surface area contributed by atoms with Crippen molar-refractivity contribution in [2.45, 2.75) is 11.8 Å². The Morgan fingerprint density at radius 2 is 1.77 bits per heavy atom. The lowest BCUT2D eigenvalue weighted by molar-refractivity contribution is -0.114. The number of rotatable bonds is 4. The minimum atomic E-state index is -4.14. The first-order chi connectivity index (χ1) is 10.3. The SMILES string of the molecule is CC(=O)Nc1ccc(OS(=O)(=O)c2ccc(Cl)nc2Cl)cc1. The normalized spacial score (nSPS) is 11.0. The number of amides is 1. The Morgan fingerprint density at radius 1 is 1.14 bits per heavy atom. The molecule has 0 spiro atoms. The van der Waals surface area contributed by atoms with Crippen molar-refractivity contribution in [1.29, 1.82) is 0 Å². The highest BCUT2D eigenvalue weighted by atomic mass is 35.5. The highest BCUT2D eigenvalue weighted by Crippen LogP contribution is 2.25. The minimum Gasteiger partial charge on any atom is -0.379 e. The maximum atomic E-state index is 12.1. The Bertz CT molecular complexity index is 807. The molecule has 0 bridgehead atoms. The molecule has 0 atom stereocenters. The van der Waals surface area contributed by atoms with E-state index in [0.717, 1.165) is 0 Å². The molecule has 1 N–H and O–H groups in total. The zero-order chi connectivity index (χ0) is 16.3. The average molecular weight is 361 g/mol. The van der Waals surface area contributed by atoms with E-state index in [4.69, 9.17) is 27.4 Å². The van der Waals surface area contributed by atoms with Crippen LogP contribution in [0.25, 0.3) is 0 Å². The molecule has 0 fully saturated rings. The summed E-state index contributed by atoms with van der Waals surface area (Å²) in [5.41, 5.74) is 0.517. The number of benzene rings is 1. The Balaban J connectivity index is 2.23. The summed E-state index contributed by atoms with van der Waals surface area (Å²) in [6.07, 6.45) is 0. The van der Waals surface area contributed by atoms with E-state index >= 15 is 0 Å². The van der Waals surface area contributed by atoms with Crippen molar-refractivity contribution in [3.63, 3.8) is 0 Å². The van der Waals surface area contributed by atoms with E-state index in [0.29, 0.717) is 5.69 Å². The van der Waals surface area contributed by atoms with E-state index in [1.807, 2.05) is 0 Å². The molecule has 0 saturated heterocycles. The standard InChI is InChI=1S/C13H10Cl2N2O4S/c1-8(18)16-9-2-4-10(5-3-9)21-22(19,20)11-6-7-12(14)17-13(11)15/h2-7H,1H3,(H,16,18). The van der Waals surface area contributed by atoms with Crippen LogP contribution >= 0.6 is 23.2 Å². The maximum Gasteiger partial charge on any atom is 0.342 e. The highest BCUT2D eigenvalue weighted by molar-refractivity contribution is 7.87. The van der Waals surface area contributed by atoms with E-state index in [1.165, 1.54) is 43.3 Å². The molecule has 0 unspecified atom stereocenters. The van der Waals surface area contributed by atoms with Gasteiger partial charge in [0.1, 0.15) is 15.8 Å². The van der Waals surface area contributed by atoms with Gasteiger partial charge in [-0.3, -0.25) is 4.79 Å². The first kappa shape index (κ1) is 16.5. The van der Waals surface area contributed by atoms with Gasteiger partial charge in [0, 0.05) is 12.6 Å². The fourth-order valence-corrected chi connectivity index (χ4v) is 3.12. The number of anilines is 1. The van der Waals surface area contributed by atoms with Crippen molar-refractivity contribution < 1.29 is 17.4 Å². The molecular formula is C13H10Cl2N2O4S. The first-order valence-corrected chi connectivity index (χ1v) is 8.08. The topological polar surface area (TPSA) is 85.4 Å². The molecule has 1 amide bonds. The van der Waals surface area contributed by atoms with Crippen LogP contribution in [0.3, 0.4) is 0 Å². The summed E-state index contributed by atoms with van der Waals surface area (Å²) >= 11 is 11.4. The Kier molecular flexibility index (Phi) is 4.90. The summed E-state index contributed by atoms with van der Waals surface area (Å²) in [4.78, 5) is 14.3. The van der Waals surface area contributed by atoms with Gasteiger partial charge in [0.15, 0.2) is 5.15 Å². The van der Waals surface area contributed by atoms with Crippen molar-refractivity contribution in [3.8, 4) is 5.75 Å². The number of halogens is 2. The fraction of sp³-hybridized carbons (Fsp3) is 0.0769. The van der Waals surface area contributed by atoms with E-state index in [2.05, 4.69) is 10.3 Å². The summed E-state index contributed by atoms with van der Waals surface area (Å²) in [6, 6.07) is 8.32. The van der Waals surface area contributed by atoms with E-state index in [-0.39, 0.29) is 26.9 Å². The van der Waals surface area contributed by atoms with Crippen LogP contribution in [0.5, 0.6) is 5.75 Å². The van der Waals surface area contributed by atoms with Gasteiger partial charge in [0.25, 0.3) is 0 Å². The molecule has 0 saturated carbocycles. The predicted octanol–water partition coefficient (Wildman–Crippen LogP) is 3.11. The molecule has 22 heavy (non-hydrogen) atoms. The number of aromatic nitrogens is 1. The monoisotopic (exact) mass is 360 g/mol. The number of hydrogen-bond donors (Lipinski definition) is 1. The summed E-state index contributed by atoms with van der Waals surface area (Å²) in [6.45, 7) is 1.37. The van der Waals surface area contributed by atoms with Gasteiger partial charge >= 0.3 is 10.1 Å². The molecule has 0 aliphatic rings. The first-order valence-electron chi connectivity index (χ1n) is 5.92. The molecule has 1 aromatic heterocycles. The lowest BCUT2D eigenvalue weighted by Gasteiger charge is -2.09. The predicted molar refractivity (Wildman–Crippen MR) is 82.8 cm³/mol. The molecule has 0 aliphatic carbocycles. The van der Waals surface area contributed by atoms with Crippen molar-refractivity contribution in [2.75, 3.05) is 5.32 Å². The molecule has 116 valence electrons. The Hall–Kier alpha value is -1.83. The van der Waals surface area contributed by atoms with Gasteiger partial charge in [-0.25, -0.2) is 4.98 Å². The van der Waals surface area contributed by atoms with Gasteiger partial charge in [-0.05, 0) is 36.4 Å². The second-order valence-corrected chi connectivity index (χ2v) is 6.43. The quantitative estimate of drug-likeness (QED) is 0.668. The van der Waals surface area contributed by atoms with Crippen LogP contribution in [-0.2, 0) is 14.9 Å².